The van der Waals surface area contributed by atoms with Crippen molar-refractivity contribution in [2.45, 2.75) is 26.0 Å². The number of carbonyl (C=O) groups is 3. The van der Waals surface area contributed by atoms with Gasteiger partial charge < -0.3 is 4.74 Å². The molecular formula is C25H22N2O5S. The molecule has 0 spiro atoms. The number of benzene rings is 2. The molecule has 2 amide bonds. The number of esters is 1. The molecular weight excluding hydrogens is 440 g/mol. The van der Waals surface area contributed by atoms with Crippen molar-refractivity contribution in [1.29, 1.82) is 0 Å². The van der Waals surface area contributed by atoms with Crippen LogP contribution in [-0.4, -0.2) is 31.0 Å². The fourth-order valence-corrected chi connectivity index (χ4v) is 5.67. The molecule has 2 saturated heterocycles. The van der Waals surface area contributed by atoms with Crippen LogP contribution in [0.2, 0.25) is 0 Å². The molecule has 5 rings (SSSR count). The van der Waals surface area contributed by atoms with Crippen LogP contribution >= 0.6 is 11.3 Å². The molecule has 0 bridgehead atoms. The second-order valence-corrected chi connectivity index (χ2v) is 9.24. The van der Waals surface area contributed by atoms with E-state index in [0.29, 0.717) is 10.6 Å². The van der Waals surface area contributed by atoms with E-state index in [9.17, 15) is 14.4 Å². The van der Waals surface area contributed by atoms with Crippen molar-refractivity contribution in [2.24, 2.45) is 5.92 Å². The van der Waals surface area contributed by atoms with E-state index in [1.165, 1.54) is 18.4 Å². The summed E-state index contributed by atoms with van der Waals surface area (Å²) in [4.78, 5) is 47.9. The average molecular weight is 463 g/mol. The zero-order valence-electron chi connectivity index (χ0n) is 18.3. The van der Waals surface area contributed by atoms with Crippen molar-refractivity contribution in [3.8, 4) is 0 Å². The summed E-state index contributed by atoms with van der Waals surface area (Å²) in [6.45, 7) is 3.63. The summed E-state index contributed by atoms with van der Waals surface area (Å²) in [6.07, 6.45) is -0.990. The number of ether oxygens (including phenoxy) is 1. The molecule has 2 aliphatic heterocycles. The Bertz CT molecular complexity index is 1240. The van der Waals surface area contributed by atoms with Gasteiger partial charge in [-0.3, -0.25) is 14.4 Å². The number of hydrogen-bond acceptors (Lipinski definition) is 7. The molecule has 1 aromatic heterocycles. The second kappa shape index (κ2) is 8.13. The van der Waals surface area contributed by atoms with Gasteiger partial charge in [0.1, 0.15) is 10.9 Å². The third-order valence-corrected chi connectivity index (χ3v) is 7.42. The first-order chi connectivity index (χ1) is 15.9. The molecule has 0 radical (unpaired) electrons. The first-order valence-electron chi connectivity index (χ1n) is 10.6. The summed E-state index contributed by atoms with van der Waals surface area (Å²) in [5.74, 6) is -2.19. The number of fused-ring (bicyclic) bond motifs is 1. The SMILES string of the molecule is COC(=O)c1c(N2C(=O)[C@H]3[C@@H](ON(c4ccccc4)[C@H]3c3ccccc3)C2=O)sc(C)c1C. The van der Waals surface area contributed by atoms with E-state index < -0.39 is 29.9 Å². The van der Waals surface area contributed by atoms with E-state index in [-0.39, 0.29) is 11.5 Å². The highest BCUT2D eigenvalue weighted by Crippen LogP contribution is 2.49. The maximum Gasteiger partial charge on any atom is 0.341 e. The maximum absolute atomic E-state index is 13.8. The third-order valence-electron chi connectivity index (χ3n) is 6.23. The lowest BCUT2D eigenvalue weighted by Gasteiger charge is -2.28. The second-order valence-electron chi connectivity index (χ2n) is 8.04. The number of para-hydroxylation sites is 1. The number of thiophene rings is 1. The Labute approximate surface area is 195 Å². The van der Waals surface area contributed by atoms with Crippen LogP contribution in [0.3, 0.4) is 0 Å². The number of rotatable bonds is 4. The van der Waals surface area contributed by atoms with Crippen LogP contribution in [0.15, 0.2) is 60.7 Å². The third kappa shape index (κ3) is 3.25. The summed E-state index contributed by atoms with van der Waals surface area (Å²) in [5.41, 5.74) is 2.57. The summed E-state index contributed by atoms with van der Waals surface area (Å²) >= 11 is 1.24. The first-order valence-corrected chi connectivity index (χ1v) is 11.4. The Morgan fingerprint density at radius 3 is 2.24 bits per heavy atom. The van der Waals surface area contributed by atoms with Crippen LogP contribution < -0.4 is 9.96 Å². The fraction of sp³-hybridized carbons (Fsp3) is 0.240. The minimum absolute atomic E-state index is 0.248. The Balaban J connectivity index is 1.60. The molecule has 0 N–H and O–H groups in total. The predicted molar refractivity (Wildman–Crippen MR) is 124 cm³/mol. The van der Waals surface area contributed by atoms with Gasteiger partial charge in [0.25, 0.3) is 5.91 Å². The van der Waals surface area contributed by atoms with E-state index >= 15 is 0 Å². The van der Waals surface area contributed by atoms with Gasteiger partial charge in [-0.05, 0) is 37.1 Å². The summed E-state index contributed by atoms with van der Waals surface area (Å²) < 4.78 is 4.94. The minimum Gasteiger partial charge on any atom is -0.465 e. The number of methoxy groups -OCH3 is 1. The smallest absolute Gasteiger partial charge is 0.341 e. The predicted octanol–water partition coefficient (Wildman–Crippen LogP) is 4.20. The molecule has 3 atom stereocenters. The highest BCUT2D eigenvalue weighted by molar-refractivity contribution is 7.17. The molecule has 2 fully saturated rings. The molecule has 0 aliphatic carbocycles. The van der Waals surface area contributed by atoms with Gasteiger partial charge in [0.2, 0.25) is 5.91 Å². The molecule has 2 aliphatic rings. The topological polar surface area (TPSA) is 76.2 Å². The number of carbonyl (C=O) groups excluding carboxylic acids is 3. The number of hydrogen-bond donors (Lipinski definition) is 0. The fourth-order valence-electron chi connectivity index (χ4n) is 4.51. The molecule has 0 unspecified atom stereocenters. The minimum atomic E-state index is -0.990. The molecule has 0 saturated carbocycles. The standard InChI is InChI=1S/C25H22N2O5S/c1-14-15(2)33-24(18(14)25(30)31-3)26-22(28)19-20(16-10-6-4-7-11-16)27(32-21(19)23(26)29)17-12-8-5-9-13-17/h4-13,19-21H,1-3H3/t19-,20+,21-/m1/s1. The van der Waals surface area contributed by atoms with E-state index in [1.807, 2.05) is 67.6 Å². The van der Waals surface area contributed by atoms with E-state index in [1.54, 1.807) is 12.0 Å². The highest BCUT2D eigenvalue weighted by Gasteiger charge is 2.61. The molecule has 3 heterocycles. The number of nitrogens with zero attached hydrogens (tertiary/aromatic N) is 2. The van der Waals surface area contributed by atoms with Crippen LogP contribution in [0.1, 0.15) is 32.4 Å². The van der Waals surface area contributed by atoms with Gasteiger partial charge in [0, 0.05) is 4.88 Å². The van der Waals surface area contributed by atoms with Gasteiger partial charge in [-0.2, -0.15) is 0 Å². The maximum atomic E-state index is 13.8. The lowest BCUT2D eigenvalue weighted by atomic mass is 9.90. The highest BCUT2D eigenvalue weighted by atomic mass is 32.1. The van der Waals surface area contributed by atoms with Gasteiger partial charge >= 0.3 is 5.97 Å². The van der Waals surface area contributed by atoms with Gasteiger partial charge in [0.15, 0.2) is 6.10 Å². The van der Waals surface area contributed by atoms with Gasteiger partial charge in [-0.15, -0.1) is 11.3 Å². The number of hydroxylamine groups is 1. The van der Waals surface area contributed by atoms with Crippen LogP contribution in [0, 0.1) is 19.8 Å². The van der Waals surface area contributed by atoms with E-state index in [0.717, 1.165) is 21.0 Å². The summed E-state index contributed by atoms with van der Waals surface area (Å²) in [7, 11) is 1.28. The number of anilines is 2. The van der Waals surface area contributed by atoms with Crippen molar-refractivity contribution in [2.75, 3.05) is 17.1 Å². The Kier molecular flexibility index (Phi) is 5.26. The lowest BCUT2D eigenvalue weighted by molar-refractivity contribution is -0.126. The molecule has 8 heteroatoms. The first kappa shape index (κ1) is 21.4. The van der Waals surface area contributed by atoms with Gasteiger partial charge in [-0.25, -0.2) is 14.8 Å². The van der Waals surface area contributed by atoms with Crippen LogP contribution in [0.25, 0.3) is 0 Å². The van der Waals surface area contributed by atoms with Crippen molar-refractivity contribution in [1.82, 2.24) is 0 Å². The number of imide groups is 1. The summed E-state index contributed by atoms with van der Waals surface area (Å²) in [5, 5.41) is 1.95. The van der Waals surface area contributed by atoms with E-state index in [2.05, 4.69) is 0 Å². The molecule has 33 heavy (non-hydrogen) atoms. The Hall–Kier alpha value is -3.49. The average Bonchev–Trinajstić information content (AvgIpc) is 3.45. The van der Waals surface area contributed by atoms with Gasteiger partial charge in [-0.1, -0.05) is 48.5 Å². The monoisotopic (exact) mass is 462 g/mol. The molecule has 168 valence electrons. The zero-order valence-corrected chi connectivity index (χ0v) is 19.2. The Morgan fingerprint density at radius 2 is 1.61 bits per heavy atom. The number of amides is 2. The summed E-state index contributed by atoms with van der Waals surface area (Å²) in [6, 6.07) is 18.5. The van der Waals surface area contributed by atoms with E-state index in [4.69, 9.17) is 9.57 Å². The number of aryl methyl sites for hydroxylation is 1. The molecule has 2 aromatic carbocycles. The normalized spacial score (nSPS) is 22.1. The Morgan fingerprint density at radius 1 is 0.970 bits per heavy atom. The largest absolute Gasteiger partial charge is 0.465 e. The quantitative estimate of drug-likeness (QED) is 0.427. The van der Waals surface area contributed by atoms with Crippen LogP contribution in [0.4, 0.5) is 10.7 Å². The van der Waals surface area contributed by atoms with Crippen molar-refractivity contribution >= 4 is 39.8 Å². The van der Waals surface area contributed by atoms with Crippen molar-refractivity contribution in [3.05, 3.63) is 82.2 Å². The van der Waals surface area contributed by atoms with Crippen molar-refractivity contribution < 1.29 is 24.0 Å². The van der Waals surface area contributed by atoms with Gasteiger partial charge in [0.05, 0.1) is 24.4 Å². The van der Waals surface area contributed by atoms with Crippen LogP contribution in [0.5, 0.6) is 0 Å². The molecule has 3 aromatic rings. The lowest BCUT2D eigenvalue weighted by Crippen LogP contribution is -2.37. The zero-order chi connectivity index (χ0) is 23.3. The molecule has 7 nitrogen and oxygen atoms in total. The van der Waals surface area contributed by atoms with Crippen LogP contribution in [-0.2, 0) is 19.2 Å². The van der Waals surface area contributed by atoms with Crippen molar-refractivity contribution in [3.63, 3.8) is 0 Å².